The molecule has 0 bridgehead atoms. The highest BCUT2D eigenvalue weighted by Crippen LogP contribution is 2.28. The SMILES string of the molecule is Cc1cc(NC(=O)c2cc3ccc(F)cc3nc2C)ccc1N1CCCC1=O. The highest BCUT2D eigenvalue weighted by atomic mass is 19.1. The topological polar surface area (TPSA) is 62.3 Å². The lowest BCUT2D eigenvalue weighted by atomic mass is 10.1. The van der Waals surface area contributed by atoms with Crippen LogP contribution in [0.5, 0.6) is 0 Å². The van der Waals surface area contributed by atoms with Gasteiger partial charge < -0.3 is 10.2 Å². The third kappa shape index (κ3) is 3.33. The Morgan fingerprint density at radius 2 is 1.96 bits per heavy atom. The van der Waals surface area contributed by atoms with Crippen LogP contribution in [0, 0.1) is 19.7 Å². The van der Waals surface area contributed by atoms with Gasteiger partial charge in [0.05, 0.1) is 16.8 Å². The summed E-state index contributed by atoms with van der Waals surface area (Å²) in [5.74, 6) is -0.501. The predicted octanol–water partition coefficient (Wildman–Crippen LogP) is 4.37. The number of carbonyl (C=O) groups is 2. The van der Waals surface area contributed by atoms with Crippen LogP contribution < -0.4 is 10.2 Å². The first-order chi connectivity index (χ1) is 13.4. The maximum Gasteiger partial charge on any atom is 0.257 e. The lowest BCUT2D eigenvalue weighted by Crippen LogP contribution is -2.24. The van der Waals surface area contributed by atoms with Gasteiger partial charge in [-0.05, 0) is 62.2 Å². The number of nitrogens with zero attached hydrogens (tertiary/aromatic N) is 2. The van der Waals surface area contributed by atoms with Crippen LogP contribution in [0.4, 0.5) is 15.8 Å². The van der Waals surface area contributed by atoms with E-state index in [1.165, 1.54) is 12.1 Å². The number of rotatable bonds is 3. The zero-order valence-electron chi connectivity index (χ0n) is 15.8. The van der Waals surface area contributed by atoms with Gasteiger partial charge in [-0.2, -0.15) is 0 Å². The number of amides is 2. The Kier molecular flexibility index (Phi) is 4.55. The number of nitrogens with one attached hydrogen (secondary N) is 1. The molecule has 2 aromatic carbocycles. The van der Waals surface area contributed by atoms with Gasteiger partial charge in [0, 0.05) is 35.8 Å². The van der Waals surface area contributed by atoms with Crippen molar-refractivity contribution in [3.63, 3.8) is 0 Å². The Balaban J connectivity index is 1.59. The Labute approximate surface area is 162 Å². The molecule has 1 N–H and O–H groups in total. The first kappa shape index (κ1) is 18.1. The summed E-state index contributed by atoms with van der Waals surface area (Å²) in [6.07, 6.45) is 1.45. The molecule has 1 saturated heterocycles. The fraction of sp³-hybridized carbons (Fsp3) is 0.227. The molecule has 0 unspecified atom stereocenters. The quantitative estimate of drug-likeness (QED) is 0.737. The molecule has 3 aromatic rings. The van der Waals surface area contributed by atoms with Crippen LogP contribution >= 0.6 is 0 Å². The summed E-state index contributed by atoms with van der Waals surface area (Å²) in [4.78, 5) is 30.9. The van der Waals surface area contributed by atoms with Gasteiger partial charge in [0.1, 0.15) is 5.82 Å². The van der Waals surface area contributed by atoms with Crippen molar-refractivity contribution in [3.8, 4) is 0 Å². The molecule has 1 fully saturated rings. The van der Waals surface area contributed by atoms with E-state index in [1.807, 2.05) is 19.1 Å². The molecular weight excluding hydrogens is 357 g/mol. The van der Waals surface area contributed by atoms with Gasteiger partial charge in [-0.25, -0.2) is 4.39 Å². The molecule has 0 saturated carbocycles. The number of aryl methyl sites for hydroxylation is 2. The Morgan fingerprint density at radius 1 is 1.14 bits per heavy atom. The smallest absolute Gasteiger partial charge is 0.257 e. The molecule has 1 aliphatic rings. The fourth-order valence-corrected chi connectivity index (χ4v) is 3.60. The van der Waals surface area contributed by atoms with E-state index in [4.69, 9.17) is 0 Å². The number of fused-ring (bicyclic) bond motifs is 1. The lowest BCUT2D eigenvalue weighted by Gasteiger charge is -2.19. The van der Waals surface area contributed by atoms with Gasteiger partial charge >= 0.3 is 0 Å². The van der Waals surface area contributed by atoms with Gasteiger partial charge in [-0.15, -0.1) is 0 Å². The van der Waals surface area contributed by atoms with E-state index in [1.54, 1.807) is 30.0 Å². The molecule has 0 radical (unpaired) electrons. The molecule has 5 nitrogen and oxygen atoms in total. The summed E-state index contributed by atoms with van der Waals surface area (Å²) in [5, 5.41) is 3.59. The van der Waals surface area contributed by atoms with Crippen LogP contribution in [0.3, 0.4) is 0 Å². The standard InChI is InChI=1S/C22H20FN3O2/c1-13-10-17(7-8-20(13)26-9-3-4-21(26)27)25-22(28)18-11-15-5-6-16(23)12-19(15)24-14(18)2/h5-8,10-12H,3-4,9H2,1-2H3,(H,25,28). The number of hydrogen-bond acceptors (Lipinski definition) is 3. The van der Waals surface area contributed by atoms with E-state index in [0.29, 0.717) is 34.3 Å². The van der Waals surface area contributed by atoms with Gasteiger partial charge in [0.15, 0.2) is 0 Å². The van der Waals surface area contributed by atoms with Crippen molar-refractivity contribution in [2.45, 2.75) is 26.7 Å². The number of anilines is 2. The van der Waals surface area contributed by atoms with Gasteiger partial charge in [0.25, 0.3) is 5.91 Å². The van der Waals surface area contributed by atoms with Crippen LogP contribution in [0.1, 0.15) is 34.5 Å². The minimum absolute atomic E-state index is 0.134. The third-order valence-electron chi connectivity index (χ3n) is 5.03. The van der Waals surface area contributed by atoms with Crippen molar-refractivity contribution >= 4 is 34.1 Å². The van der Waals surface area contributed by atoms with Crippen LogP contribution in [0.2, 0.25) is 0 Å². The molecule has 4 rings (SSSR count). The number of pyridine rings is 1. The minimum Gasteiger partial charge on any atom is -0.322 e. The van der Waals surface area contributed by atoms with E-state index < -0.39 is 0 Å². The van der Waals surface area contributed by atoms with Crippen molar-refractivity contribution < 1.29 is 14.0 Å². The average Bonchev–Trinajstić information content (AvgIpc) is 3.07. The molecular formula is C22H20FN3O2. The zero-order chi connectivity index (χ0) is 19.8. The normalized spacial score (nSPS) is 14.0. The molecule has 1 aliphatic heterocycles. The Bertz CT molecular complexity index is 1110. The van der Waals surface area contributed by atoms with E-state index in [9.17, 15) is 14.0 Å². The van der Waals surface area contributed by atoms with Gasteiger partial charge in [0.2, 0.25) is 5.91 Å². The molecule has 0 aliphatic carbocycles. The third-order valence-corrected chi connectivity index (χ3v) is 5.03. The maximum atomic E-state index is 13.4. The Hall–Kier alpha value is -3.28. The van der Waals surface area contributed by atoms with E-state index in [0.717, 1.165) is 24.2 Å². The summed E-state index contributed by atoms with van der Waals surface area (Å²) >= 11 is 0. The number of halogens is 1. The summed E-state index contributed by atoms with van der Waals surface area (Å²) < 4.78 is 13.4. The molecule has 1 aromatic heterocycles. The summed E-state index contributed by atoms with van der Waals surface area (Å²) in [5.41, 5.74) is 3.95. The maximum absolute atomic E-state index is 13.4. The highest BCUT2D eigenvalue weighted by Gasteiger charge is 2.23. The first-order valence-corrected chi connectivity index (χ1v) is 9.21. The fourth-order valence-electron chi connectivity index (χ4n) is 3.60. The predicted molar refractivity (Wildman–Crippen MR) is 107 cm³/mol. The second-order valence-corrected chi connectivity index (χ2v) is 7.06. The lowest BCUT2D eigenvalue weighted by molar-refractivity contribution is -0.117. The second-order valence-electron chi connectivity index (χ2n) is 7.06. The van der Waals surface area contributed by atoms with E-state index >= 15 is 0 Å². The Morgan fingerprint density at radius 3 is 2.68 bits per heavy atom. The van der Waals surface area contributed by atoms with Crippen molar-refractivity contribution in [2.75, 3.05) is 16.8 Å². The largest absolute Gasteiger partial charge is 0.322 e. The minimum atomic E-state index is -0.358. The molecule has 142 valence electrons. The van der Waals surface area contributed by atoms with Gasteiger partial charge in [-0.1, -0.05) is 0 Å². The van der Waals surface area contributed by atoms with Crippen LogP contribution in [-0.4, -0.2) is 23.3 Å². The number of hydrogen-bond donors (Lipinski definition) is 1. The average molecular weight is 377 g/mol. The van der Waals surface area contributed by atoms with Gasteiger partial charge in [-0.3, -0.25) is 14.6 Å². The zero-order valence-corrected chi connectivity index (χ0v) is 15.8. The highest BCUT2D eigenvalue weighted by molar-refractivity contribution is 6.07. The summed E-state index contributed by atoms with van der Waals surface area (Å²) in [6.45, 7) is 4.38. The van der Waals surface area contributed by atoms with Crippen LogP contribution in [0.15, 0.2) is 42.5 Å². The summed E-state index contributed by atoms with van der Waals surface area (Å²) in [7, 11) is 0. The number of carbonyl (C=O) groups excluding carboxylic acids is 2. The van der Waals surface area contributed by atoms with E-state index in [-0.39, 0.29) is 17.6 Å². The monoisotopic (exact) mass is 377 g/mol. The second kappa shape index (κ2) is 7.03. The molecule has 28 heavy (non-hydrogen) atoms. The first-order valence-electron chi connectivity index (χ1n) is 9.21. The number of benzene rings is 2. The summed E-state index contributed by atoms with van der Waals surface area (Å²) in [6, 6.07) is 11.6. The van der Waals surface area contributed by atoms with Crippen molar-refractivity contribution in [1.29, 1.82) is 0 Å². The van der Waals surface area contributed by atoms with Crippen LogP contribution in [0.25, 0.3) is 10.9 Å². The molecule has 2 amide bonds. The van der Waals surface area contributed by atoms with Crippen molar-refractivity contribution in [3.05, 3.63) is 65.1 Å². The van der Waals surface area contributed by atoms with Crippen LogP contribution in [-0.2, 0) is 4.79 Å². The molecule has 2 heterocycles. The number of aromatic nitrogens is 1. The molecule has 0 atom stereocenters. The molecule has 6 heteroatoms. The molecule has 0 spiro atoms. The van der Waals surface area contributed by atoms with Crippen molar-refractivity contribution in [1.82, 2.24) is 4.98 Å². The van der Waals surface area contributed by atoms with E-state index in [2.05, 4.69) is 10.3 Å². The van der Waals surface area contributed by atoms with Crippen molar-refractivity contribution in [2.24, 2.45) is 0 Å².